The van der Waals surface area contributed by atoms with Crippen LogP contribution in [0.1, 0.15) is 11.1 Å². The Labute approximate surface area is 83.2 Å². The van der Waals surface area contributed by atoms with E-state index in [1.807, 2.05) is 37.3 Å². The summed E-state index contributed by atoms with van der Waals surface area (Å²) in [5.74, 6) is -0.932. The predicted octanol–water partition coefficient (Wildman–Crippen LogP) is 2.65. The largest absolute Gasteiger partial charge is 0.478 e. The van der Waals surface area contributed by atoms with Crippen LogP contribution in [-0.4, -0.2) is 11.1 Å². The molecule has 0 fully saturated rings. The molecule has 0 saturated carbocycles. The summed E-state index contributed by atoms with van der Waals surface area (Å²) in [5.41, 5.74) is 2.26. The number of aliphatic carboxylic acids is 1. The molecule has 1 rings (SSSR count). The van der Waals surface area contributed by atoms with Crippen LogP contribution in [0.15, 0.2) is 42.5 Å². The molecule has 14 heavy (non-hydrogen) atoms. The van der Waals surface area contributed by atoms with Gasteiger partial charge >= 0.3 is 5.97 Å². The monoisotopic (exact) mass is 188 g/mol. The zero-order chi connectivity index (χ0) is 10.4. The molecule has 0 unspecified atom stereocenters. The van der Waals surface area contributed by atoms with Gasteiger partial charge in [0.05, 0.1) is 0 Å². The van der Waals surface area contributed by atoms with Crippen molar-refractivity contribution < 1.29 is 9.90 Å². The molecule has 1 N–H and O–H groups in total. The first-order valence-corrected chi connectivity index (χ1v) is 4.33. The lowest BCUT2D eigenvalue weighted by Gasteiger charge is -1.93. The van der Waals surface area contributed by atoms with E-state index < -0.39 is 5.97 Å². The summed E-state index contributed by atoms with van der Waals surface area (Å²) in [6, 6.07) is 7.99. The number of rotatable bonds is 3. The number of aryl methyl sites for hydroxylation is 1. The minimum absolute atomic E-state index is 0.932. The van der Waals surface area contributed by atoms with Crippen LogP contribution >= 0.6 is 0 Å². The molecule has 0 amide bonds. The van der Waals surface area contributed by atoms with Crippen molar-refractivity contribution in [3.05, 3.63) is 53.6 Å². The van der Waals surface area contributed by atoms with Crippen LogP contribution in [-0.2, 0) is 4.79 Å². The minimum Gasteiger partial charge on any atom is -0.478 e. The highest BCUT2D eigenvalue weighted by molar-refractivity contribution is 5.80. The molecule has 0 spiro atoms. The number of carboxylic acid groups (broad SMARTS) is 1. The Balaban J connectivity index is 2.64. The van der Waals surface area contributed by atoms with Gasteiger partial charge in [0.2, 0.25) is 0 Å². The third kappa shape index (κ3) is 3.72. The van der Waals surface area contributed by atoms with Crippen molar-refractivity contribution in [2.75, 3.05) is 0 Å². The van der Waals surface area contributed by atoms with Gasteiger partial charge in [-0.1, -0.05) is 48.1 Å². The van der Waals surface area contributed by atoms with Crippen LogP contribution in [0.2, 0.25) is 0 Å². The molecule has 0 aliphatic rings. The van der Waals surface area contributed by atoms with Crippen LogP contribution < -0.4 is 0 Å². The van der Waals surface area contributed by atoms with E-state index in [2.05, 4.69) is 0 Å². The van der Waals surface area contributed by atoms with E-state index in [4.69, 9.17) is 5.11 Å². The van der Waals surface area contributed by atoms with Gasteiger partial charge in [0.15, 0.2) is 0 Å². The molecule has 0 atom stereocenters. The second-order valence-electron chi connectivity index (χ2n) is 2.97. The quantitative estimate of drug-likeness (QED) is 0.584. The standard InChI is InChI=1S/C12H12O2/c1-10-5-4-7-11(9-10)6-2-3-8-12(13)14/h2-9H,1H3,(H,13,14)/b6-2+,8-3+. The number of allylic oxidation sites excluding steroid dienone is 2. The van der Waals surface area contributed by atoms with E-state index in [-0.39, 0.29) is 0 Å². The van der Waals surface area contributed by atoms with E-state index in [0.29, 0.717) is 0 Å². The zero-order valence-electron chi connectivity index (χ0n) is 7.97. The number of carboxylic acids is 1. The van der Waals surface area contributed by atoms with Crippen molar-refractivity contribution in [2.24, 2.45) is 0 Å². The van der Waals surface area contributed by atoms with Crippen molar-refractivity contribution in [3.8, 4) is 0 Å². The van der Waals surface area contributed by atoms with Gasteiger partial charge in [-0.2, -0.15) is 0 Å². The number of hydrogen-bond acceptors (Lipinski definition) is 1. The van der Waals surface area contributed by atoms with E-state index in [0.717, 1.165) is 11.6 Å². The second-order valence-corrected chi connectivity index (χ2v) is 2.97. The Morgan fingerprint density at radius 1 is 1.36 bits per heavy atom. The average molecular weight is 188 g/mol. The summed E-state index contributed by atoms with van der Waals surface area (Å²) in [5, 5.41) is 8.33. The molecule has 0 saturated heterocycles. The molecule has 2 nitrogen and oxygen atoms in total. The summed E-state index contributed by atoms with van der Waals surface area (Å²) in [6.07, 6.45) is 6.19. The summed E-state index contributed by atoms with van der Waals surface area (Å²) >= 11 is 0. The normalized spacial score (nSPS) is 11.2. The predicted molar refractivity (Wildman–Crippen MR) is 57.0 cm³/mol. The number of hydrogen-bond donors (Lipinski definition) is 1. The van der Waals surface area contributed by atoms with Crippen LogP contribution in [0, 0.1) is 6.92 Å². The Hall–Kier alpha value is -1.83. The summed E-state index contributed by atoms with van der Waals surface area (Å²) in [6.45, 7) is 2.02. The molecule has 1 aromatic carbocycles. The fraction of sp³-hybridized carbons (Fsp3) is 0.0833. The minimum atomic E-state index is -0.932. The van der Waals surface area contributed by atoms with Gasteiger partial charge in [0.1, 0.15) is 0 Å². The van der Waals surface area contributed by atoms with E-state index in [9.17, 15) is 4.79 Å². The van der Waals surface area contributed by atoms with Crippen molar-refractivity contribution in [3.63, 3.8) is 0 Å². The van der Waals surface area contributed by atoms with Crippen LogP contribution in [0.3, 0.4) is 0 Å². The van der Waals surface area contributed by atoms with Crippen LogP contribution in [0.4, 0.5) is 0 Å². The lowest BCUT2D eigenvalue weighted by Crippen LogP contribution is -1.84. The highest BCUT2D eigenvalue weighted by atomic mass is 16.4. The third-order valence-electron chi connectivity index (χ3n) is 1.68. The summed E-state index contributed by atoms with van der Waals surface area (Å²) < 4.78 is 0. The topological polar surface area (TPSA) is 37.3 Å². The fourth-order valence-corrected chi connectivity index (χ4v) is 1.08. The maximum absolute atomic E-state index is 10.1. The SMILES string of the molecule is Cc1cccc(/C=C/C=C/C(=O)O)c1. The first-order valence-electron chi connectivity index (χ1n) is 4.33. The summed E-state index contributed by atoms with van der Waals surface area (Å²) in [7, 11) is 0. The van der Waals surface area contributed by atoms with Gasteiger partial charge in [0, 0.05) is 6.08 Å². The number of benzene rings is 1. The third-order valence-corrected chi connectivity index (χ3v) is 1.68. The Morgan fingerprint density at radius 2 is 2.14 bits per heavy atom. The fourth-order valence-electron chi connectivity index (χ4n) is 1.08. The zero-order valence-corrected chi connectivity index (χ0v) is 7.97. The van der Waals surface area contributed by atoms with Crippen molar-refractivity contribution in [1.29, 1.82) is 0 Å². The van der Waals surface area contributed by atoms with E-state index >= 15 is 0 Å². The highest BCUT2D eigenvalue weighted by Gasteiger charge is 1.86. The molecule has 0 radical (unpaired) electrons. The Morgan fingerprint density at radius 3 is 2.79 bits per heavy atom. The lowest BCUT2D eigenvalue weighted by atomic mass is 10.1. The Kier molecular flexibility index (Phi) is 3.68. The number of carbonyl (C=O) groups is 1. The molecule has 0 heterocycles. The molecular formula is C12H12O2. The molecule has 0 bridgehead atoms. The summed E-state index contributed by atoms with van der Waals surface area (Å²) in [4.78, 5) is 10.1. The smallest absolute Gasteiger partial charge is 0.328 e. The van der Waals surface area contributed by atoms with E-state index in [1.165, 1.54) is 11.6 Å². The Bertz CT molecular complexity index is 376. The highest BCUT2D eigenvalue weighted by Crippen LogP contribution is 2.05. The first kappa shape index (κ1) is 10.3. The van der Waals surface area contributed by atoms with Gasteiger partial charge in [-0.05, 0) is 12.5 Å². The molecule has 1 aromatic rings. The molecule has 72 valence electrons. The van der Waals surface area contributed by atoms with Gasteiger partial charge in [-0.15, -0.1) is 0 Å². The van der Waals surface area contributed by atoms with Gasteiger partial charge in [-0.25, -0.2) is 4.79 Å². The second kappa shape index (κ2) is 5.02. The van der Waals surface area contributed by atoms with Crippen LogP contribution in [0.5, 0.6) is 0 Å². The van der Waals surface area contributed by atoms with Gasteiger partial charge in [0.25, 0.3) is 0 Å². The lowest BCUT2D eigenvalue weighted by molar-refractivity contribution is -0.131. The maximum atomic E-state index is 10.1. The van der Waals surface area contributed by atoms with Crippen molar-refractivity contribution in [1.82, 2.24) is 0 Å². The molecule has 0 aliphatic heterocycles. The molecular weight excluding hydrogens is 176 g/mol. The first-order chi connectivity index (χ1) is 6.68. The molecule has 0 aliphatic carbocycles. The van der Waals surface area contributed by atoms with Crippen molar-refractivity contribution >= 4 is 12.0 Å². The average Bonchev–Trinajstić information content (AvgIpc) is 2.12. The van der Waals surface area contributed by atoms with Crippen LogP contribution in [0.25, 0.3) is 6.08 Å². The molecule has 0 aromatic heterocycles. The van der Waals surface area contributed by atoms with Crippen molar-refractivity contribution in [2.45, 2.75) is 6.92 Å². The van der Waals surface area contributed by atoms with Gasteiger partial charge < -0.3 is 5.11 Å². The van der Waals surface area contributed by atoms with Gasteiger partial charge in [-0.3, -0.25) is 0 Å². The maximum Gasteiger partial charge on any atom is 0.328 e. The molecule has 2 heteroatoms. The van der Waals surface area contributed by atoms with E-state index in [1.54, 1.807) is 6.08 Å².